The number of hydrogen-bond acceptors (Lipinski definition) is 6. The monoisotopic (exact) mass is 370 g/mol. The summed E-state index contributed by atoms with van der Waals surface area (Å²) in [6.45, 7) is 4.06. The Morgan fingerprint density at radius 1 is 1.19 bits per heavy atom. The van der Waals surface area contributed by atoms with E-state index in [-0.39, 0.29) is 11.9 Å². The molecule has 1 amide bonds. The van der Waals surface area contributed by atoms with Gasteiger partial charge in [-0.25, -0.2) is 9.97 Å². The van der Waals surface area contributed by atoms with Crippen LogP contribution < -0.4 is 14.8 Å². The van der Waals surface area contributed by atoms with E-state index in [1.54, 1.807) is 19.5 Å². The minimum Gasteiger partial charge on any atom is -0.494 e. The van der Waals surface area contributed by atoms with Gasteiger partial charge in [0, 0.05) is 31.5 Å². The molecule has 1 aliphatic heterocycles. The van der Waals surface area contributed by atoms with E-state index in [0.717, 1.165) is 37.2 Å². The summed E-state index contributed by atoms with van der Waals surface area (Å²) in [6, 6.07) is 7.99. The van der Waals surface area contributed by atoms with Crippen LogP contribution in [-0.2, 0) is 11.2 Å². The standard InChI is InChI=1S/C20H26N4O3/c1-3-27-17-6-4-15(5-7-17)14-18(25)24-12-8-16(9-13-24)23-19-20(26-2)22-11-10-21-19/h4-7,10-11,16H,3,8-9,12-14H2,1-2H3,(H,21,23). The zero-order valence-electron chi connectivity index (χ0n) is 15.9. The number of carbonyl (C=O) groups excluding carboxylic acids is 1. The van der Waals surface area contributed by atoms with Crippen molar-refractivity contribution in [2.24, 2.45) is 0 Å². The number of ether oxygens (including phenoxy) is 2. The normalized spacial score (nSPS) is 14.7. The number of amides is 1. The minimum absolute atomic E-state index is 0.162. The van der Waals surface area contributed by atoms with Crippen LogP contribution in [-0.4, -0.2) is 53.6 Å². The van der Waals surface area contributed by atoms with Crippen molar-refractivity contribution in [2.75, 3.05) is 32.1 Å². The lowest BCUT2D eigenvalue weighted by Crippen LogP contribution is -2.43. The van der Waals surface area contributed by atoms with Crippen molar-refractivity contribution in [3.8, 4) is 11.6 Å². The highest BCUT2D eigenvalue weighted by atomic mass is 16.5. The molecule has 3 rings (SSSR count). The van der Waals surface area contributed by atoms with Gasteiger partial charge < -0.3 is 19.7 Å². The van der Waals surface area contributed by atoms with Gasteiger partial charge in [0.2, 0.25) is 5.91 Å². The summed E-state index contributed by atoms with van der Waals surface area (Å²) in [6.07, 6.45) is 5.40. The molecule has 1 saturated heterocycles. The van der Waals surface area contributed by atoms with Crippen molar-refractivity contribution in [3.05, 3.63) is 42.2 Å². The van der Waals surface area contributed by atoms with Crippen molar-refractivity contribution in [1.82, 2.24) is 14.9 Å². The van der Waals surface area contributed by atoms with Gasteiger partial charge in [-0.3, -0.25) is 4.79 Å². The molecule has 0 saturated carbocycles. The fourth-order valence-corrected chi connectivity index (χ4v) is 3.20. The minimum atomic E-state index is 0.162. The van der Waals surface area contributed by atoms with E-state index < -0.39 is 0 Å². The van der Waals surface area contributed by atoms with Gasteiger partial charge in [0.25, 0.3) is 5.88 Å². The van der Waals surface area contributed by atoms with Crippen molar-refractivity contribution in [3.63, 3.8) is 0 Å². The molecule has 1 aromatic carbocycles. The maximum absolute atomic E-state index is 12.6. The molecule has 1 fully saturated rings. The molecule has 1 aliphatic rings. The smallest absolute Gasteiger partial charge is 0.257 e. The van der Waals surface area contributed by atoms with Gasteiger partial charge in [0.15, 0.2) is 5.82 Å². The number of anilines is 1. The number of carbonyl (C=O) groups is 1. The Hall–Kier alpha value is -2.83. The molecule has 1 aromatic heterocycles. The van der Waals surface area contributed by atoms with Crippen LogP contribution in [0.15, 0.2) is 36.7 Å². The van der Waals surface area contributed by atoms with Crippen molar-refractivity contribution in [2.45, 2.75) is 32.2 Å². The summed E-state index contributed by atoms with van der Waals surface area (Å²) in [5, 5.41) is 3.38. The van der Waals surface area contributed by atoms with Gasteiger partial charge in [-0.1, -0.05) is 12.1 Å². The summed E-state index contributed by atoms with van der Waals surface area (Å²) in [4.78, 5) is 22.9. The summed E-state index contributed by atoms with van der Waals surface area (Å²) in [7, 11) is 1.58. The summed E-state index contributed by atoms with van der Waals surface area (Å²) in [5.74, 6) is 2.14. The second kappa shape index (κ2) is 9.21. The van der Waals surface area contributed by atoms with Gasteiger partial charge in [-0.05, 0) is 37.5 Å². The molecule has 0 radical (unpaired) electrons. The number of benzene rings is 1. The zero-order chi connectivity index (χ0) is 19.1. The van der Waals surface area contributed by atoms with Crippen LogP contribution in [0.3, 0.4) is 0 Å². The first-order valence-corrected chi connectivity index (χ1v) is 9.30. The van der Waals surface area contributed by atoms with Crippen molar-refractivity contribution in [1.29, 1.82) is 0 Å². The zero-order valence-corrected chi connectivity index (χ0v) is 15.9. The third kappa shape index (κ3) is 5.09. The molecule has 144 valence electrons. The van der Waals surface area contributed by atoms with Gasteiger partial charge >= 0.3 is 0 Å². The Balaban J connectivity index is 1.49. The molecule has 0 bridgehead atoms. The van der Waals surface area contributed by atoms with Crippen LogP contribution in [0.5, 0.6) is 11.6 Å². The SMILES string of the molecule is CCOc1ccc(CC(=O)N2CCC(Nc3nccnc3OC)CC2)cc1. The van der Waals surface area contributed by atoms with Crippen LogP contribution in [0.4, 0.5) is 5.82 Å². The van der Waals surface area contributed by atoms with Gasteiger partial charge in [0.05, 0.1) is 20.1 Å². The first-order valence-electron chi connectivity index (χ1n) is 9.30. The van der Waals surface area contributed by atoms with Crippen LogP contribution >= 0.6 is 0 Å². The van der Waals surface area contributed by atoms with Gasteiger partial charge in [-0.2, -0.15) is 0 Å². The fraction of sp³-hybridized carbons (Fsp3) is 0.450. The van der Waals surface area contributed by atoms with Gasteiger partial charge in [-0.15, -0.1) is 0 Å². The highest BCUT2D eigenvalue weighted by molar-refractivity contribution is 5.79. The topological polar surface area (TPSA) is 76.6 Å². The van der Waals surface area contributed by atoms with E-state index in [9.17, 15) is 4.79 Å². The van der Waals surface area contributed by atoms with E-state index in [2.05, 4.69) is 15.3 Å². The lowest BCUT2D eigenvalue weighted by molar-refractivity contribution is -0.131. The molecule has 7 heteroatoms. The van der Waals surface area contributed by atoms with Crippen molar-refractivity contribution < 1.29 is 14.3 Å². The van der Waals surface area contributed by atoms with E-state index in [4.69, 9.17) is 9.47 Å². The lowest BCUT2D eigenvalue weighted by atomic mass is 10.0. The molecule has 1 N–H and O–H groups in total. The molecule has 0 aliphatic carbocycles. The number of piperidine rings is 1. The third-order valence-corrected chi connectivity index (χ3v) is 4.64. The molecule has 0 spiro atoms. The fourth-order valence-electron chi connectivity index (χ4n) is 3.20. The van der Waals surface area contributed by atoms with E-state index in [1.165, 1.54) is 0 Å². The molecule has 0 atom stereocenters. The Kier molecular flexibility index (Phi) is 6.46. The molecule has 2 aromatic rings. The Morgan fingerprint density at radius 3 is 2.56 bits per heavy atom. The second-order valence-electron chi connectivity index (χ2n) is 6.47. The predicted molar refractivity (Wildman–Crippen MR) is 103 cm³/mol. The molecule has 27 heavy (non-hydrogen) atoms. The highest BCUT2D eigenvalue weighted by Crippen LogP contribution is 2.22. The quantitative estimate of drug-likeness (QED) is 0.807. The number of methoxy groups -OCH3 is 1. The van der Waals surface area contributed by atoms with Crippen LogP contribution in [0, 0.1) is 0 Å². The second-order valence-corrected chi connectivity index (χ2v) is 6.47. The number of aromatic nitrogens is 2. The Labute approximate surface area is 159 Å². The number of likely N-dealkylation sites (tertiary alicyclic amines) is 1. The molecule has 7 nitrogen and oxygen atoms in total. The van der Waals surface area contributed by atoms with E-state index in [0.29, 0.717) is 24.7 Å². The maximum atomic E-state index is 12.6. The number of hydrogen-bond donors (Lipinski definition) is 1. The third-order valence-electron chi connectivity index (χ3n) is 4.64. The van der Waals surface area contributed by atoms with E-state index in [1.807, 2.05) is 36.1 Å². The molecular formula is C20H26N4O3. The maximum Gasteiger partial charge on any atom is 0.257 e. The Morgan fingerprint density at radius 2 is 1.89 bits per heavy atom. The summed E-state index contributed by atoms with van der Waals surface area (Å²) >= 11 is 0. The van der Waals surface area contributed by atoms with Crippen LogP contribution in [0.25, 0.3) is 0 Å². The Bertz CT molecular complexity index is 743. The highest BCUT2D eigenvalue weighted by Gasteiger charge is 2.23. The summed E-state index contributed by atoms with van der Waals surface area (Å²) in [5.41, 5.74) is 1.01. The average molecular weight is 370 g/mol. The number of nitrogens with one attached hydrogen (secondary N) is 1. The van der Waals surface area contributed by atoms with E-state index >= 15 is 0 Å². The summed E-state index contributed by atoms with van der Waals surface area (Å²) < 4.78 is 10.7. The predicted octanol–water partition coefficient (Wildman–Crippen LogP) is 2.53. The number of rotatable bonds is 7. The molecular weight excluding hydrogens is 344 g/mol. The average Bonchev–Trinajstić information content (AvgIpc) is 2.70. The van der Waals surface area contributed by atoms with Crippen LogP contribution in [0.1, 0.15) is 25.3 Å². The molecule has 2 heterocycles. The lowest BCUT2D eigenvalue weighted by Gasteiger charge is -2.32. The van der Waals surface area contributed by atoms with Crippen molar-refractivity contribution >= 4 is 11.7 Å². The molecule has 0 unspecified atom stereocenters. The first-order chi connectivity index (χ1) is 13.2. The van der Waals surface area contributed by atoms with Gasteiger partial charge in [0.1, 0.15) is 5.75 Å². The largest absolute Gasteiger partial charge is 0.494 e. The number of nitrogens with zero attached hydrogens (tertiary/aromatic N) is 3. The first kappa shape index (κ1) is 18.9. The van der Waals surface area contributed by atoms with Crippen LogP contribution in [0.2, 0.25) is 0 Å².